The van der Waals surface area contributed by atoms with Crippen LogP contribution < -0.4 is 0 Å². The number of carbonyl (C=O) groups is 2. The zero-order valence-corrected chi connectivity index (χ0v) is 49.7. The molecule has 1 N–H and O–H groups in total. The van der Waals surface area contributed by atoms with Crippen LogP contribution in [-0.4, -0.2) is 74.9 Å². The second-order valence-corrected chi connectivity index (χ2v) is 23.2. The summed E-state index contributed by atoms with van der Waals surface area (Å²) in [6, 6.07) is 0. The first-order chi connectivity index (χ1) is 36.0. The molecule has 9 nitrogen and oxygen atoms in total. The molecule has 0 radical (unpaired) electrons. The van der Waals surface area contributed by atoms with Gasteiger partial charge in [-0.1, -0.05) is 247 Å². The van der Waals surface area contributed by atoms with Gasteiger partial charge in [0.15, 0.2) is 6.10 Å². The van der Waals surface area contributed by atoms with E-state index in [-0.39, 0.29) is 32.0 Å². The van der Waals surface area contributed by atoms with Gasteiger partial charge in [-0.25, -0.2) is 4.57 Å². The summed E-state index contributed by atoms with van der Waals surface area (Å²) >= 11 is 0. The quantitative estimate of drug-likeness (QED) is 0.0211. The van der Waals surface area contributed by atoms with Crippen molar-refractivity contribution in [2.75, 3.05) is 47.5 Å². The summed E-state index contributed by atoms with van der Waals surface area (Å²) in [5, 5.41) is 0. The summed E-state index contributed by atoms with van der Waals surface area (Å²) in [5.74, 6) is -0.819. The molecule has 0 aromatic carbocycles. The highest BCUT2D eigenvalue weighted by Crippen LogP contribution is 2.43. The molecule has 0 bridgehead atoms. The molecule has 74 heavy (non-hydrogen) atoms. The van der Waals surface area contributed by atoms with Gasteiger partial charge in [0, 0.05) is 12.8 Å². The van der Waals surface area contributed by atoms with Crippen molar-refractivity contribution in [3.8, 4) is 0 Å². The zero-order chi connectivity index (χ0) is 54.2. The Balaban J connectivity index is 4.03. The fraction of sp³-hybridized carbons (Fsp3) is 0.781. The Kier molecular flexibility index (Phi) is 53.3. The molecular formula is C64H117NO8P+. The second-order valence-electron chi connectivity index (χ2n) is 21.7. The largest absolute Gasteiger partial charge is 0.472 e. The van der Waals surface area contributed by atoms with Gasteiger partial charge in [0.1, 0.15) is 19.8 Å². The summed E-state index contributed by atoms with van der Waals surface area (Å²) in [4.78, 5) is 35.7. The smallest absolute Gasteiger partial charge is 0.462 e. The Morgan fingerprint density at radius 2 is 0.770 bits per heavy atom. The van der Waals surface area contributed by atoms with Gasteiger partial charge >= 0.3 is 19.8 Å². The summed E-state index contributed by atoms with van der Waals surface area (Å²) in [7, 11) is 1.46. The van der Waals surface area contributed by atoms with Gasteiger partial charge in [-0.15, -0.1) is 0 Å². The molecule has 0 aromatic rings. The van der Waals surface area contributed by atoms with Gasteiger partial charge < -0.3 is 18.9 Å². The second kappa shape index (κ2) is 55.2. The number of likely N-dealkylation sites (N-methyl/N-ethyl adjacent to an activating group) is 1. The molecule has 0 heterocycles. The zero-order valence-electron chi connectivity index (χ0n) is 48.8. The standard InChI is InChI=1S/C64H116NO8P/c1-6-8-10-12-14-16-18-20-22-24-25-26-27-28-29-30-31-32-33-34-35-36-37-38-39-41-42-44-46-48-50-52-54-56-63(66)70-60-62(61-72-74(68,69)71-59-58-65(3,4)5)73-64(67)57-55-53-51-49-47-45-43-40-23-21-19-17-15-13-11-9-7-2/h9,11,15,17-18,20-21,23-25,43,45,62H,6-8,10,12-14,16,19,22,26-42,44,46-61H2,1-5H3/p+1/b11-9-,17-15-,20-18-,23-21-,25-24-,45-43-. The van der Waals surface area contributed by atoms with E-state index in [2.05, 4.69) is 86.8 Å². The van der Waals surface area contributed by atoms with Crippen LogP contribution in [0.4, 0.5) is 0 Å². The van der Waals surface area contributed by atoms with Crippen molar-refractivity contribution in [2.45, 2.75) is 277 Å². The van der Waals surface area contributed by atoms with Crippen molar-refractivity contribution in [1.29, 1.82) is 0 Å². The summed E-state index contributed by atoms with van der Waals surface area (Å²) < 4.78 is 34.5. The van der Waals surface area contributed by atoms with Crippen molar-refractivity contribution in [2.24, 2.45) is 0 Å². The van der Waals surface area contributed by atoms with Crippen molar-refractivity contribution < 1.29 is 42.1 Å². The molecule has 0 saturated heterocycles. The van der Waals surface area contributed by atoms with Gasteiger partial charge in [0.05, 0.1) is 27.7 Å². The van der Waals surface area contributed by atoms with Gasteiger partial charge in [0.25, 0.3) is 0 Å². The van der Waals surface area contributed by atoms with Gasteiger partial charge in [-0.2, -0.15) is 0 Å². The van der Waals surface area contributed by atoms with Gasteiger partial charge in [-0.3, -0.25) is 18.6 Å². The van der Waals surface area contributed by atoms with Crippen LogP contribution in [0, 0.1) is 0 Å². The molecule has 430 valence electrons. The van der Waals surface area contributed by atoms with E-state index in [0.717, 1.165) is 77.0 Å². The Bertz CT molecular complexity index is 1480. The predicted molar refractivity (Wildman–Crippen MR) is 316 cm³/mol. The molecule has 0 amide bonds. The van der Waals surface area contributed by atoms with Crippen molar-refractivity contribution in [3.05, 3.63) is 72.9 Å². The Morgan fingerprint density at radius 3 is 1.15 bits per heavy atom. The lowest BCUT2D eigenvalue weighted by molar-refractivity contribution is -0.870. The van der Waals surface area contributed by atoms with Crippen LogP contribution in [0.25, 0.3) is 0 Å². The molecule has 10 heteroatoms. The predicted octanol–water partition coefficient (Wildman–Crippen LogP) is 19.3. The molecule has 0 fully saturated rings. The average molecular weight is 1060 g/mol. The maximum absolute atomic E-state index is 12.8. The number of phosphoric acid groups is 1. The van der Waals surface area contributed by atoms with E-state index >= 15 is 0 Å². The van der Waals surface area contributed by atoms with Crippen LogP contribution >= 0.6 is 7.82 Å². The number of hydrogen-bond donors (Lipinski definition) is 1. The van der Waals surface area contributed by atoms with E-state index in [4.69, 9.17) is 18.5 Å². The highest BCUT2D eigenvalue weighted by Gasteiger charge is 2.27. The van der Waals surface area contributed by atoms with E-state index in [1.54, 1.807) is 0 Å². The molecular weight excluding hydrogens is 942 g/mol. The molecule has 0 aliphatic rings. The van der Waals surface area contributed by atoms with Crippen molar-refractivity contribution in [3.63, 3.8) is 0 Å². The minimum Gasteiger partial charge on any atom is -0.462 e. The highest BCUT2D eigenvalue weighted by atomic mass is 31.2. The number of nitrogens with zero attached hydrogens (tertiary/aromatic N) is 1. The lowest BCUT2D eigenvalue weighted by Crippen LogP contribution is -2.37. The highest BCUT2D eigenvalue weighted by molar-refractivity contribution is 7.47. The Hall–Kier alpha value is -2.55. The molecule has 0 rings (SSSR count). The first kappa shape index (κ1) is 71.5. The SMILES string of the molecule is CC/C=C\C/C=C\C/C=C\C/C=C\CCCCCCC(=O)OC(COC(=O)CCCCCCCCCCCCCCCCCCCCCCC/C=C\C/C=C\CCCCCCC)COP(=O)(O)OCC[N+](C)(C)C. The molecule has 2 atom stereocenters. The topological polar surface area (TPSA) is 108 Å². The fourth-order valence-electron chi connectivity index (χ4n) is 8.51. The average Bonchev–Trinajstić information content (AvgIpc) is 3.36. The number of hydrogen-bond acceptors (Lipinski definition) is 7. The third kappa shape index (κ3) is 58.7. The van der Waals surface area contributed by atoms with E-state index < -0.39 is 26.5 Å². The summed E-state index contributed by atoms with van der Waals surface area (Å²) in [6.07, 6.45) is 72.8. The van der Waals surface area contributed by atoms with Crippen molar-refractivity contribution >= 4 is 19.8 Å². The maximum atomic E-state index is 12.8. The van der Waals surface area contributed by atoms with E-state index in [1.807, 2.05) is 21.1 Å². The number of unbranched alkanes of at least 4 members (excludes halogenated alkanes) is 30. The third-order valence-electron chi connectivity index (χ3n) is 13.2. The van der Waals surface area contributed by atoms with Crippen LogP contribution in [0.5, 0.6) is 0 Å². The number of allylic oxidation sites excluding steroid dienone is 12. The number of esters is 2. The number of carbonyl (C=O) groups excluding carboxylic acids is 2. The first-order valence-corrected chi connectivity index (χ1v) is 32.2. The molecule has 2 unspecified atom stereocenters. The van der Waals surface area contributed by atoms with Gasteiger partial charge in [-0.05, 0) is 83.5 Å². The number of quaternary nitrogens is 1. The van der Waals surface area contributed by atoms with Crippen LogP contribution in [0.1, 0.15) is 271 Å². The minimum absolute atomic E-state index is 0.0249. The lowest BCUT2D eigenvalue weighted by Gasteiger charge is -2.24. The Morgan fingerprint density at radius 1 is 0.432 bits per heavy atom. The fourth-order valence-corrected chi connectivity index (χ4v) is 9.25. The summed E-state index contributed by atoms with van der Waals surface area (Å²) in [5.41, 5.74) is 0. The molecule has 0 aliphatic heterocycles. The van der Waals surface area contributed by atoms with Crippen LogP contribution in [0.2, 0.25) is 0 Å². The molecule has 0 aromatic heterocycles. The number of phosphoric ester groups is 1. The van der Waals surface area contributed by atoms with E-state index in [0.29, 0.717) is 17.4 Å². The normalized spacial score (nSPS) is 13.8. The lowest BCUT2D eigenvalue weighted by atomic mass is 10.0. The summed E-state index contributed by atoms with van der Waals surface area (Å²) in [6.45, 7) is 4.30. The van der Waals surface area contributed by atoms with Gasteiger partial charge in [0.2, 0.25) is 0 Å². The van der Waals surface area contributed by atoms with Crippen LogP contribution in [-0.2, 0) is 32.7 Å². The Labute approximate surface area is 457 Å². The van der Waals surface area contributed by atoms with E-state index in [9.17, 15) is 19.0 Å². The molecule has 0 spiro atoms. The number of rotatable bonds is 56. The molecule has 0 aliphatic carbocycles. The monoisotopic (exact) mass is 1060 g/mol. The number of ether oxygens (including phenoxy) is 2. The van der Waals surface area contributed by atoms with Crippen molar-refractivity contribution in [1.82, 2.24) is 0 Å². The molecule has 0 saturated carbocycles. The third-order valence-corrected chi connectivity index (χ3v) is 14.2. The first-order valence-electron chi connectivity index (χ1n) is 30.7. The van der Waals surface area contributed by atoms with Crippen LogP contribution in [0.15, 0.2) is 72.9 Å². The maximum Gasteiger partial charge on any atom is 0.472 e. The van der Waals surface area contributed by atoms with Crippen LogP contribution in [0.3, 0.4) is 0 Å². The minimum atomic E-state index is -4.39. The van der Waals surface area contributed by atoms with E-state index in [1.165, 1.54) is 161 Å².